The molecule has 0 aliphatic heterocycles. The summed E-state index contributed by atoms with van der Waals surface area (Å²) in [6.45, 7) is 2.48. The zero-order chi connectivity index (χ0) is 20.0. The van der Waals surface area contributed by atoms with E-state index in [1.54, 1.807) is 48.5 Å². The number of hydrogen-bond donors (Lipinski definition) is 0. The molecule has 0 amide bonds. The average molecular weight is 389 g/mol. The van der Waals surface area contributed by atoms with E-state index < -0.39 is 9.84 Å². The molecule has 0 atom stereocenters. The normalized spacial score (nSPS) is 11.6. The first-order valence-electron chi connectivity index (χ1n) is 8.69. The number of nitriles is 1. The summed E-state index contributed by atoms with van der Waals surface area (Å²) in [5.41, 5.74) is 2.87. The van der Waals surface area contributed by atoms with Gasteiger partial charge in [0.25, 0.3) is 0 Å². The molecule has 0 aliphatic rings. The zero-order valence-corrected chi connectivity index (χ0v) is 16.2. The largest absolute Gasteiger partial charge is 0.489 e. The van der Waals surface area contributed by atoms with Crippen LogP contribution in [0.1, 0.15) is 16.7 Å². The van der Waals surface area contributed by atoms with Gasteiger partial charge in [0.05, 0.1) is 4.90 Å². The van der Waals surface area contributed by atoms with E-state index in [4.69, 9.17) is 4.74 Å². The fourth-order valence-electron chi connectivity index (χ4n) is 2.56. The molecule has 3 aromatic rings. The Bertz CT molecular complexity index is 1110. The van der Waals surface area contributed by atoms with Crippen LogP contribution in [0.3, 0.4) is 0 Å². The maximum atomic E-state index is 12.6. The van der Waals surface area contributed by atoms with Crippen molar-refractivity contribution in [3.8, 4) is 11.8 Å². The fourth-order valence-corrected chi connectivity index (χ4v) is 3.74. The van der Waals surface area contributed by atoms with E-state index in [0.29, 0.717) is 17.9 Å². The average Bonchev–Trinajstić information content (AvgIpc) is 2.73. The quantitative estimate of drug-likeness (QED) is 0.562. The Morgan fingerprint density at radius 2 is 1.61 bits per heavy atom. The van der Waals surface area contributed by atoms with Crippen LogP contribution < -0.4 is 4.74 Å². The number of benzene rings is 3. The van der Waals surface area contributed by atoms with E-state index in [1.165, 1.54) is 23.8 Å². The summed E-state index contributed by atoms with van der Waals surface area (Å²) in [4.78, 5) is -0.201. The predicted molar refractivity (Wildman–Crippen MR) is 109 cm³/mol. The highest BCUT2D eigenvalue weighted by molar-refractivity contribution is 7.95. The molecule has 0 fully saturated rings. The van der Waals surface area contributed by atoms with Crippen molar-refractivity contribution in [2.75, 3.05) is 0 Å². The topological polar surface area (TPSA) is 67.2 Å². The second-order valence-corrected chi connectivity index (χ2v) is 8.20. The fraction of sp³-hybridized carbons (Fsp3) is 0.0870. The van der Waals surface area contributed by atoms with Crippen molar-refractivity contribution in [1.82, 2.24) is 0 Å². The van der Waals surface area contributed by atoms with Crippen molar-refractivity contribution >= 4 is 15.9 Å². The molecule has 0 aromatic heterocycles. The van der Waals surface area contributed by atoms with Gasteiger partial charge in [0.15, 0.2) is 0 Å². The van der Waals surface area contributed by atoms with Crippen LogP contribution in [0.25, 0.3) is 6.08 Å². The Morgan fingerprint density at radius 1 is 0.964 bits per heavy atom. The number of ether oxygens (including phenoxy) is 1. The molecule has 3 aromatic carbocycles. The summed E-state index contributed by atoms with van der Waals surface area (Å²) in [5, 5.41) is 9.35. The third kappa shape index (κ3) is 4.67. The summed E-state index contributed by atoms with van der Waals surface area (Å²) >= 11 is 0. The van der Waals surface area contributed by atoms with E-state index in [-0.39, 0.29) is 9.80 Å². The van der Waals surface area contributed by atoms with E-state index in [9.17, 15) is 13.7 Å². The predicted octanol–water partition coefficient (Wildman–Crippen LogP) is 4.91. The SMILES string of the molecule is Cc1ccc(COc2ccc(/C=C(/C#N)S(=O)(=O)c3ccccc3)cc2)cc1. The molecule has 0 saturated heterocycles. The highest BCUT2D eigenvalue weighted by Crippen LogP contribution is 2.22. The van der Waals surface area contributed by atoms with Crippen LogP contribution in [0.5, 0.6) is 5.75 Å². The van der Waals surface area contributed by atoms with Crippen molar-refractivity contribution in [2.45, 2.75) is 18.4 Å². The molecule has 0 bridgehead atoms. The minimum absolute atomic E-state index is 0.0980. The highest BCUT2D eigenvalue weighted by atomic mass is 32.2. The minimum atomic E-state index is -3.84. The zero-order valence-electron chi connectivity index (χ0n) is 15.4. The van der Waals surface area contributed by atoms with Gasteiger partial charge < -0.3 is 4.74 Å². The Morgan fingerprint density at radius 3 is 2.21 bits per heavy atom. The maximum absolute atomic E-state index is 12.6. The first-order chi connectivity index (χ1) is 13.5. The monoisotopic (exact) mass is 389 g/mol. The molecule has 0 unspecified atom stereocenters. The molecule has 0 aliphatic carbocycles. The highest BCUT2D eigenvalue weighted by Gasteiger charge is 2.20. The molecule has 0 spiro atoms. The molecule has 0 saturated carbocycles. The Hall–Kier alpha value is -3.36. The number of allylic oxidation sites excluding steroid dienone is 1. The second kappa shape index (κ2) is 8.55. The van der Waals surface area contributed by atoms with E-state index in [1.807, 2.05) is 31.2 Å². The van der Waals surface area contributed by atoms with Crippen LogP contribution in [0.4, 0.5) is 0 Å². The van der Waals surface area contributed by atoms with Gasteiger partial charge in [-0.05, 0) is 48.4 Å². The van der Waals surface area contributed by atoms with Gasteiger partial charge in [-0.1, -0.05) is 60.2 Å². The van der Waals surface area contributed by atoms with Crippen molar-refractivity contribution in [2.24, 2.45) is 0 Å². The third-order valence-corrected chi connectivity index (χ3v) is 5.84. The van der Waals surface area contributed by atoms with Gasteiger partial charge in [-0.25, -0.2) is 8.42 Å². The molecule has 0 N–H and O–H groups in total. The molecule has 28 heavy (non-hydrogen) atoms. The van der Waals surface area contributed by atoms with Crippen LogP contribution in [-0.2, 0) is 16.4 Å². The van der Waals surface area contributed by atoms with Gasteiger partial charge in [0, 0.05) is 0 Å². The smallest absolute Gasteiger partial charge is 0.216 e. The lowest BCUT2D eigenvalue weighted by atomic mass is 10.2. The summed E-state index contributed by atoms with van der Waals surface area (Å²) in [5.74, 6) is 0.669. The summed E-state index contributed by atoms with van der Waals surface area (Å²) in [6.07, 6.45) is 1.37. The molecule has 0 radical (unpaired) electrons. The lowest BCUT2D eigenvalue weighted by molar-refractivity contribution is 0.306. The van der Waals surface area contributed by atoms with E-state index in [2.05, 4.69) is 0 Å². The molecule has 0 heterocycles. The van der Waals surface area contributed by atoms with Crippen molar-refractivity contribution < 1.29 is 13.2 Å². The first-order valence-corrected chi connectivity index (χ1v) is 10.2. The molecule has 3 rings (SSSR count). The molecule has 4 nitrogen and oxygen atoms in total. The second-order valence-electron chi connectivity index (χ2n) is 6.28. The molecule has 5 heteroatoms. The van der Waals surface area contributed by atoms with Crippen molar-refractivity contribution in [3.63, 3.8) is 0 Å². The molecular formula is C23H19NO3S. The van der Waals surface area contributed by atoms with Crippen LogP contribution >= 0.6 is 0 Å². The van der Waals surface area contributed by atoms with Crippen LogP contribution in [0, 0.1) is 18.3 Å². The van der Waals surface area contributed by atoms with Crippen molar-refractivity contribution in [3.05, 3.63) is 100 Å². The molecular weight excluding hydrogens is 370 g/mol. The van der Waals surface area contributed by atoms with Crippen LogP contribution in [-0.4, -0.2) is 8.42 Å². The van der Waals surface area contributed by atoms with Gasteiger partial charge >= 0.3 is 0 Å². The van der Waals surface area contributed by atoms with Crippen LogP contribution in [0.15, 0.2) is 88.7 Å². The van der Waals surface area contributed by atoms with Gasteiger partial charge in [-0.2, -0.15) is 5.26 Å². The standard InChI is InChI=1S/C23H19NO3S/c1-18-7-9-20(10-8-18)17-27-21-13-11-19(12-14-21)15-23(16-24)28(25,26)22-5-3-2-4-6-22/h2-15H,17H2,1H3/b23-15-. The number of hydrogen-bond acceptors (Lipinski definition) is 4. The third-order valence-electron chi connectivity index (χ3n) is 4.16. The lowest BCUT2D eigenvalue weighted by Gasteiger charge is -2.07. The summed E-state index contributed by atoms with van der Waals surface area (Å²) in [7, 11) is -3.84. The maximum Gasteiger partial charge on any atom is 0.216 e. The number of rotatable bonds is 6. The number of sulfone groups is 1. The Labute approximate surface area is 165 Å². The first kappa shape index (κ1) is 19.4. The van der Waals surface area contributed by atoms with Crippen LogP contribution in [0.2, 0.25) is 0 Å². The van der Waals surface area contributed by atoms with Gasteiger partial charge in [0.1, 0.15) is 23.3 Å². The number of nitrogens with zero attached hydrogens (tertiary/aromatic N) is 1. The van der Waals surface area contributed by atoms with Gasteiger partial charge in [-0.3, -0.25) is 0 Å². The number of aryl methyl sites for hydroxylation is 1. The van der Waals surface area contributed by atoms with E-state index in [0.717, 1.165) is 5.56 Å². The van der Waals surface area contributed by atoms with E-state index >= 15 is 0 Å². The lowest BCUT2D eigenvalue weighted by Crippen LogP contribution is -2.03. The summed E-state index contributed by atoms with van der Waals surface area (Å²) < 4.78 is 31.0. The van der Waals surface area contributed by atoms with Gasteiger partial charge in [0.2, 0.25) is 9.84 Å². The summed E-state index contributed by atoms with van der Waals surface area (Å²) in [6, 6.07) is 24.8. The molecule has 140 valence electrons. The van der Waals surface area contributed by atoms with Crippen molar-refractivity contribution in [1.29, 1.82) is 5.26 Å². The Kier molecular flexibility index (Phi) is 5.93. The minimum Gasteiger partial charge on any atom is -0.489 e. The van der Waals surface area contributed by atoms with Gasteiger partial charge in [-0.15, -0.1) is 0 Å². The Balaban J connectivity index is 1.75.